The van der Waals surface area contributed by atoms with Crippen LogP contribution >= 0.6 is 11.3 Å². The molecule has 0 radical (unpaired) electrons. The third-order valence-electron chi connectivity index (χ3n) is 2.78. The van der Waals surface area contributed by atoms with Crippen LogP contribution in [0, 0.1) is 6.92 Å². The average Bonchev–Trinajstić information content (AvgIpc) is 2.56. The molecule has 1 aromatic carbocycles. The second-order valence-electron chi connectivity index (χ2n) is 3.95. The van der Waals surface area contributed by atoms with E-state index in [9.17, 15) is 0 Å². The molecule has 2 rings (SSSR count). The number of para-hydroxylation sites is 1. The predicted octanol–water partition coefficient (Wildman–Crippen LogP) is 3.69. The number of aryl methyl sites for hydroxylation is 2. The summed E-state index contributed by atoms with van der Waals surface area (Å²) in [5.41, 5.74) is 1.40. The number of thiazole rings is 1. The van der Waals surface area contributed by atoms with Crippen molar-refractivity contribution in [3.8, 4) is 0 Å². The van der Waals surface area contributed by atoms with Gasteiger partial charge in [0.05, 0.1) is 0 Å². The van der Waals surface area contributed by atoms with Crippen molar-refractivity contribution in [3.05, 3.63) is 29.3 Å². The molecule has 0 saturated carbocycles. The summed E-state index contributed by atoms with van der Waals surface area (Å²) in [5, 5.41) is 1.42. The first kappa shape index (κ1) is 10.6. The third-order valence-corrected chi connectivity index (χ3v) is 3.86. The van der Waals surface area contributed by atoms with Gasteiger partial charge in [-0.05, 0) is 12.5 Å². The minimum atomic E-state index is 1.17. The van der Waals surface area contributed by atoms with E-state index in [2.05, 4.69) is 42.7 Å². The van der Waals surface area contributed by atoms with Crippen LogP contribution in [0.4, 0.5) is 0 Å². The largest absolute Gasteiger partial charge is 0.235 e. The predicted molar refractivity (Wildman–Crippen MR) is 66.3 cm³/mol. The minimum absolute atomic E-state index is 1.17. The SMILES string of the molecule is CCCCC[n+]1c(C)sc2ccccc21. The average molecular weight is 220 g/mol. The molecule has 0 saturated heterocycles. The zero-order chi connectivity index (χ0) is 10.7. The summed E-state index contributed by atoms with van der Waals surface area (Å²) >= 11 is 1.90. The Morgan fingerprint density at radius 2 is 2.00 bits per heavy atom. The lowest BCUT2D eigenvalue weighted by Crippen LogP contribution is -2.34. The van der Waals surface area contributed by atoms with E-state index < -0.39 is 0 Å². The third kappa shape index (κ3) is 2.20. The molecule has 1 nitrogen and oxygen atoms in total. The Morgan fingerprint density at radius 3 is 2.80 bits per heavy atom. The molecule has 0 aliphatic heterocycles. The minimum Gasteiger partial charge on any atom is -0.186 e. The van der Waals surface area contributed by atoms with Gasteiger partial charge in [0, 0.05) is 19.4 Å². The highest BCUT2D eigenvalue weighted by molar-refractivity contribution is 7.18. The fourth-order valence-electron chi connectivity index (χ4n) is 1.95. The van der Waals surface area contributed by atoms with Gasteiger partial charge < -0.3 is 0 Å². The molecule has 0 aliphatic carbocycles. The van der Waals surface area contributed by atoms with Crippen LogP contribution in [0.1, 0.15) is 31.2 Å². The Morgan fingerprint density at radius 1 is 1.20 bits per heavy atom. The first-order valence-corrected chi connectivity index (χ1v) is 6.52. The van der Waals surface area contributed by atoms with Gasteiger partial charge in [-0.3, -0.25) is 0 Å². The molecule has 0 atom stereocenters. The van der Waals surface area contributed by atoms with Gasteiger partial charge in [-0.2, -0.15) is 4.57 Å². The summed E-state index contributed by atoms with van der Waals surface area (Å²) in [6, 6.07) is 8.69. The van der Waals surface area contributed by atoms with Gasteiger partial charge >= 0.3 is 0 Å². The molecule has 0 N–H and O–H groups in total. The van der Waals surface area contributed by atoms with Crippen LogP contribution in [0.3, 0.4) is 0 Å². The highest BCUT2D eigenvalue weighted by Crippen LogP contribution is 2.19. The van der Waals surface area contributed by atoms with Gasteiger partial charge in [-0.1, -0.05) is 36.8 Å². The number of hydrogen-bond acceptors (Lipinski definition) is 1. The molecule has 0 spiro atoms. The number of rotatable bonds is 4. The van der Waals surface area contributed by atoms with E-state index in [-0.39, 0.29) is 0 Å². The number of nitrogens with zero attached hydrogens (tertiary/aromatic N) is 1. The fraction of sp³-hybridized carbons (Fsp3) is 0.462. The van der Waals surface area contributed by atoms with Crippen LogP contribution in [0.15, 0.2) is 24.3 Å². The summed E-state index contributed by atoms with van der Waals surface area (Å²) < 4.78 is 3.86. The molecule has 0 fully saturated rings. The van der Waals surface area contributed by atoms with Crippen molar-refractivity contribution in [2.75, 3.05) is 0 Å². The zero-order valence-electron chi connectivity index (χ0n) is 9.49. The maximum absolute atomic E-state index is 2.45. The molecule has 1 aromatic heterocycles. The first-order valence-electron chi connectivity index (χ1n) is 5.71. The van der Waals surface area contributed by atoms with Gasteiger partial charge in [0.25, 0.3) is 0 Å². The van der Waals surface area contributed by atoms with Crippen LogP contribution < -0.4 is 4.57 Å². The topological polar surface area (TPSA) is 3.88 Å². The standard InChI is InChI=1S/C13H18NS/c1-3-4-7-10-14-11(2)15-13-9-6-5-8-12(13)14/h5-6,8-9H,3-4,7,10H2,1-2H3/q+1. The van der Waals surface area contributed by atoms with Gasteiger partial charge in [0.15, 0.2) is 0 Å². The lowest BCUT2D eigenvalue weighted by molar-refractivity contribution is -0.673. The second kappa shape index (κ2) is 4.75. The maximum atomic E-state index is 2.45. The maximum Gasteiger partial charge on any atom is 0.235 e. The summed E-state index contributed by atoms with van der Waals surface area (Å²) in [7, 11) is 0. The Kier molecular flexibility index (Phi) is 3.37. The highest BCUT2D eigenvalue weighted by atomic mass is 32.1. The van der Waals surface area contributed by atoms with E-state index in [0.29, 0.717) is 0 Å². The van der Waals surface area contributed by atoms with E-state index >= 15 is 0 Å². The van der Waals surface area contributed by atoms with E-state index in [1.165, 1.54) is 41.0 Å². The lowest BCUT2D eigenvalue weighted by atomic mass is 10.2. The van der Waals surface area contributed by atoms with Crippen LogP contribution in [0.25, 0.3) is 10.2 Å². The molecule has 80 valence electrons. The summed E-state index contributed by atoms with van der Waals surface area (Å²) in [6.45, 7) is 5.64. The molecule has 0 aliphatic rings. The molecular formula is C13H18NS+. The molecule has 2 heteroatoms. The van der Waals surface area contributed by atoms with Crippen molar-refractivity contribution >= 4 is 21.6 Å². The molecule has 0 unspecified atom stereocenters. The highest BCUT2D eigenvalue weighted by Gasteiger charge is 2.15. The number of fused-ring (bicyclic) bond motifs is 1. The molecule has 0 bridgehead atoms. The molecule has 0 amide bonds. The number of unbranched alkanes of at least 4 members (excludes halogenated alkanes) is 2. The van der Waals surface area contributed by atoms with E-state index in [1.54, 1.807) is 0 Å². The van der Waals surface area contributed by atoms with Crippen LogP contribution in [-0.4, -0.2) is 0 Å². The number of aromatic nitrogens is 1. The monoisotopic (exact) mass is 220 g/mol. The Balaban J connectivity index is 2.28. The number of benzene rings is 1. The molecule has 1 heterocycles. The quantitative estimate of drug-likeness (QED) is 0.546. The summed E-state index contributed by atoms with van der Waals surface area (Å²) in [4.78, 5) is 0. The summed E-state index contributed by atoms with van der Waals surface area (Å²) in [6.07, 6.45) is 3.92. The second-order valence-corrected chi connectivity index (χ2v) is 5.18. The Labute approximate surface area is 95.4 Å². The van der Waals surface area contributed by atoms with Gasteiger partial charge in [-0.15, -0.1) is 0 Å². The van der Waals surface area contributed by atoms with E-state index in [4.69, 9.17) is 0 Å². The van der Waals surface area contributed by atoms with Crippen LogP contribution in [0.5, 0.6) is 0 Å². The lowest BCUT2D eigenvalue weighted by Gasteiger charge is -1.95. The Hall–Kier alpha value is -0.890. The van der Waals surface area contributed by atoms with Gasteiger partial charge in [0.1, 0.15) is 11.2 Å². The van der Waals surface area contributed by atoms with Crippen molar-refractivity contribution in [3.63, 3.8) is 0 Å². The van der Waals surface area contributed by atoms with Crippen molar-refractivity contribution in [1.82, 2.24) is 0 Å². The van der Waals surface area contributed by atoms with E-state index in [1.807, 2.05) is 11.3 Å². The fourth-order valence-corrected chi connectivity index (χ4v) is 3.00. The van der Waals surface area contributed by atoms with Crippen molar-refractivity contribution < 1.29 is 4.57 Å². The van der Waals surface area contributed by atoms with Crippen LogP contribution in [-0.2, 0) is 6.54 Å². The smallest absolute Gasteiger partial charge is 0.186 e. The summed E-state index contributed by atoms with van der Waals surface area (Å²) in [5.74, 6) is 0. The normalized spacial score (nSPS) is 11.1. The Bertz CT molecular complexity index is 445. The van der Waals surface area contributed by atoms with Crippen molar-refractivity contribution in [1.29, 1.82) is 0 Å². The van der Waals surface area contributed by atoms with Crippen LogP contribution in [0.2, 0.25) is 0 Å². The molecule has 2 aromatic rings. The van der Waals surface area contributed by atoms with Gasteiger partial charge in [-0.25, -0.2) is 0 Å². The zero-order valence-corrected chi connectivity index (χ0v) is 10.3. The molecular weight excluding hydrogens is 202 g/mol. The van der Waals surface area contributed by atoms with Crippen molar-refractivity contribution in [2.45, 2.75) is 39.7 Å². The van der Waals surface area contributed by atoms with E-state index in [0.717, 1.165) is 0 Å². The number of hydrogen-bond donors (Lipinski definition) is 0. The van der Waals surface area contributed by atoms with Gasteiger partial charge in [0.2, 0.25) is 10.5 Å². The molecule has 15 heavy (non-hydrogen) atoms. The first-order chi connectivity index (χ1) is 7.33. The van der Waals surface area contributed by atoms with Crippen molar-refractivity contribution in [2.24, 2.45) is 0 Å².